The van der Waals surface area contributed by atoms with Gasteiger partial charge in [-0.1, -0.05) is 0 Å². The van der Waals surface area contributed by atoms with Gasteiger partial charge >= 0.3 is 0 Å². The minimum Gasteiger partial charge on any atom is -0.393 e. The van der Waals surface area contributed by atoms with Gasteiger partial charge in [0.1, 0.15) is 0 Å². The van der Waals surface area contributed by atoms with E-state index in [-0.39, 0.29) is 6.10 Å². The predicted molar refractivity (Wildman–Crippen MR) is 99.0 cm³/mol. The van der Waals surface area contributed by atoms with Gasteiger partial charge in [-0.3, -0.25) is 4.90 Å². The van der Waals surface area contributed by atoms with E-state index in [0.717, 1.165) is 58.7 Å². The van der Waals surface area contributed by atoms with E-state index in [1.165, 1.54) is 27.1 Å². The van der Waals surface area contributed by atoms with Crippen molar-refractivity contribution in [1.82, 2.24) is 9.47 Å². The van der Waals surface area contributed by atoms with Gasteiger partial charge < -0.3 is 14.4 Å². The highest BCUT2D eigenvalue weighted by molar-refractivity contribution is 7.98. The molecule has 4 rings (SSSR count). The van der Waals surface area contributed by atoms with Crippen molar-refractivity contribution in [1.29, 1.82) is 0 Å². The van der Waals surface area contributed by atoms with Crippen molar-refractivity contribution in [2.45, 2.75) is 36.8 Å². The summed E-state index contributed by atoms with van der Waals surface area (Å²) in [6, 6.07) is 6.80. The highest BCUT2D eigenvalue weighted by Crippen LogP contribution is 2.34. The number of hydrogen-bond acceptors (Lipinski definition) is 4. The first-order valence-electron chi connectivity index (χ1n) is 8.92. The van der Waals surface area contributed by atoms with Gasteiger partial charge in [0.25, 0.3) is 0 Å². The molecular formula is C19H26N2O2S. The number of morpholine rings is 1. The average molecular weight is 346 g/mol. The van der Waals surface area contributed by atoms with E-state index < -0.39 is 0 Å². The predicted octanol–water partition coefficient (Wildman–Crippen LogP) is 2.54. The number of aliphatic hydroxyl groups excluding tert-OH is 1. The Morgan fingerprint density at radius 2 is 2.08 bits per heavy atom. The second-order valence-electron chi connectivity index (χ2n) is 6.81. The monoisotopic (exact) mass is 346 g/mol. The van der Waals surface area contributed by atoms with Crippen LogP contribution in [0.15, 0.2) is 23.1 Å². The number of nitrogens with zero attached hydrogens (tertiary/aromatic N) is 2. The van der Waals surface area contributed by atoms with E-state index in [9.17, 15) is 5.11 Å². The summed E-state index contributed by atoms with van der Waals surface area (Å²) in [5.74, 6) is 0. The normalized spacial score (nSPS) is 22.0. The summed E-state index contributed by atoms with van der Waals surface area (Å²) in [6.45, 7) is 5.89. The molecule has 4 nitrogen and oxygen atoms in total. The van der Waals surface area contributed by atoms with Crippen molar-refractivity contribution < 1.29 is 9.84 Å². The van der Waals surface area contributed by atoms with Gasteiger partial charge in [-0.2, -0.15) is 0 Å². The molecule has 1 unspecified atom stereocenters. The topological polar surface area (TPSA) is 37.6 Å². The van der Waals surface area contributed by atoms with Gasteiger partial charge in [0.05, 0.1) is 19.3 Å². The van der Waals surface area contributed by atoms with Crippen LogP contribution in [0.1, 0.15) is 17.7 Å². The number of thioether (sulfide) groups is 1. The van der Waals surface area contributed by atoms with Gasteiger partial charge in [-0.25, -0.2) is 0 Å². The smallest absolute Gasteiger partial charge is 0.0594 e. The molecule has 0 radical (unpaired) electrons. The molecular weight excluding hydrogens is 320 g/mol. The first-order chi connectivity index (χ1) is 11.8. The number of benzene rings is 1. The van der Waals surface area contributed by atoms with Crippen LogP contribution in [0.5, 0.6) is 0 Å². The quantitative estimate of drug-likeness (QED) is 0.864. The first kappa shape index (κ1) is 16.5. The van der Waals surface area contributed by atoms with Crippen molar-refractivity contribution in [3.05, 3.63) is 29.5 Å². The third-order valence-corrected chi connectivity index (χ3v) is 6.12. The van der Waals surface area contributed by atoms with Crippen molar-refractivity contribution in [2.24, 2.45) is 0 Å². The summed E-state index contributed by atoms with van der Waals surface area (Å²) in [5, 5.41) is 11.5. The van der Waals surface area contributed by atoms with Gasteiger partial charge in [0.2, 0.25) is 0 Å². The number of hydrogen-bond donors (Lipinski definition) is 1. The molecule has 2 aliphatic rings. The minimum absolute atomic E-state index is 0.186. The van der Waals surface area contributed by atoms with Gasteiger partial charge in [-0.15, -0.1) is 11.8 Å². The molecule has 1 N–H and O–H groups in total. The zero-order valence-electron chi connectivity index (χ0n) is 14.3. The lowest BCUT2D eigenvalue weighted by molar-refractivity contribution is 0.0364. The molecule has 1 aromatic carbocycles. The Labute approximate surface area is 147 Å². The molecule has 130 valence electrons. The number of rotatable bonds is 4. The third kappa shape index (κ3) is 3.10. The Morgan fingerprint density at radius 1 is 1.25 bits per heavy atom. The lowest BCUT2D eigenvalue weighted by Crippen LogP contribution is -2.38. The molecule has 2 aromatic rings. The Bertz CT molecular complexity index is 722. The number of aromatic nitrogens is 1. The van der Waals surface area contributed by atoms with Crippen LogP contribution in [0, 0.1) is 0 Å². The number of ether oxygens (including phenoxy) is 1. The van der Waals surface area contributed by atoms with E-state index in [2.05, 4.69) is 33.9 Å². The molecule has 0 amide bonds. The van der Waals surface area contributed by atoms with Crippen LogP contribution in [-0.4, -0.2) is 59.8 Å². The summed E-state index contributed by atoms with van der Waals surface area (Å²) < 4.78 is 7.97. The molecule has 1 aromatic heterocycles. The zero-order valence-corrected chi connectivity index (χ0v) is 15.1. The molecule has 5 heteroatoms. The summed E-state index contributed by atoms with van der Waals surface area (Å²) in [6.07, 6.45) is 4.61. The standard InChI is InChI=1S/C19H26N2O2S/c1-24-15-3-5-19-17(13-15)16-12-14(22)2-4-18(16)21(19)7-6-20-8-10-23-11-9-20/h3,5,13-14,22H,2,4,6-12H2,1H3. The maximum atomic E-state index is 10.1. The molecule has 0 bridgehead atoms. The van der Waals surface area contributed by atoms with Crippen LogP contribution in [0.25, 0.3) is 10.9 Å². The highest BCUT2D eigenvalue weighted by Gasteiger charge is 2.24. The Balaban J connectivity index is 1.68. The van der Waals surface area contributed by atoms with Crippen molar-refractivity contribution in [3.63, 3.8) is 0 Å². The van der Waals surface area contributed by atoms with Crippen LogP contribution in [0.3, 0.4) is 0 Å². The van der Waals surface area contributed by atoms with E-state index in [1.54, 1.807) is 11.8 Å². The molecule has 1 aliphatic heterocycles. The van der Waals surface area contributed by atoms with Crippen LogP contribution >= 0.6 is 11.8 Å². The molecule has 1 fully saturated rings. The van der Waals surface area contributed by atoms with E-state index in [0.29, 0.717) is 0 Å². The molecule has 0 spiro atoms. The molecule has 0 saturated carbocycles. The van der Waals surface area contributed by atoms with Crippen LogP contribution in [0.4, 0.5) is 0 Å². The van der Waals surface area contributed by atoms with Gasteiger partial charge in [0.15, 0.2) is 0 Å². The first-order valence-corrected chi connectivity index (χ1v) is 10.1. The fraction of sp³-hybridized carbons (Fsp3) is 0.579. The Kier molecular flexibility index (Phi) is 4.86. The SMILES string of the molecule is CSc1ccc2c(c1)c1c(n2CCN2CCOCC2)CCC(O)C1. The largest absolute Gasteiger partial charge is 0.393 e. The fourth-order valence-corrected chi connectivity index (χ4v) is 4.50. The Morgan fingerprint density at radius 3 is 2.88 bits per heavy atom. The number of aliphatic hydroxyl groups is 1. The van der Waals surface area contributed by atoms with Crippen molar-refractivity contribution in [3.8, 4) is 0 Å². The number of fused-ring (bicyclic) bond motifs is 3. The summed E-state index contributed by atoms with van der Waals surface area (Å²) in [7, 11) is 0. The third-order valence-electron chi connectivity index (χ3n) is 5.39. The van der Waals surface area contributed by atoms with E-state index >= 15 is 0 Å². The molecule has 24 heavy (non-hydrogen) atoms. The summed E-state index contributed by atoms with van der Waals surface area (Å²) in [5.41, 5.74) is 4.16. The van der Waals surface area contributed by atoms with Crippen molar-refractivity contribution in [2.75, 3.05) is 39.1 Å². The van der Waals surface area contributed by atoms with E-state index in [4.69, 9.17) is 4.74 Å². The zero-order chi connectivity index (χ0) is 16.5. The maximum Gasteiger partial charge on any atom is 0.0594 e. The minimum atomic E-state index is -0.186. The Hall–Kier alpha value is -1.01. The maximum absolute atomic E-state index is 10.1. The summed E-state index contributed by atoms with van der Waals surface area (Å²) in [4.78, 5) is 3.80. The fourth-order valence-electron chi connectivity index (χ4n) is 4.06. The lowest BCUT2D eigenvalue weighted by atomic mass is 9.93. The van der Waals surface area contributed by atoms with Gasteiger partial charge in [0, 0.05) is 54.1 Å². The molecule has 1 atom stereocenters. The summed E-state index contributed by atoms with van der Waals surface area (Å²) >= 11 is 1.79. The molecule has 1 aliphatic carbocycles. The van der Waals surface area contributed by atoms with Crippen LogP contribution in [-0.2, 0) is 24.1 Å². The molecule has 2 heterocycles. The lowest BCUT2D eigenvalue weighted by Gasteiger charge is -2.27. The van der Waals surface area contributed by atoms with E-state index in [1.807, 2.05) is 0 Å². The van der Waals surface area contributed by atoms with Gasteiger partial charge in [-0.05, 0) is 42.9 Å². The molecule has 1 saturated heterocycles. The van der Waals surface area contributed by atoms with Crippen LogP contribution < -0.4 is 0 Å². The van der Waals surface area contributed by atoms with Crippen LogP contribution in [0.2, 0.25) is 0 Å². The second-order valence-corrected chi connectivity index (χ2v) is 7.69. The average Bonchev–Trinajstić information content (AvgIpc) is 2.93. The van der Waals surface area contributed by atoms with Crippen molar-refractivity contribution >= 4 is 22.7 Å². The second kappa shape index (κ2) is 7.08. The highest BCUT2D eigenvalue weighted by atomic mass is 32.2.